The van der Waals surface area contributed by atoms with Gasteiger partial charge in [0.25, 0.3) is 0 Å². The molecule has 1 aliphatic heterocycles. The van der Waals surface area contributed by atoms with Crippen molar-refractivity contribution < 1.29 is 14.3 Å². The number of rotatable bonds is 3. The Morgan fingerprint density at radius 2 is 1.61 bits per heavy atom. The summed E-state index contributed by atoms with van der Waals surface area (Å²) in [7, 11) is 0. The van der Waals surface area contributed by atoms with Crippen molar-refractivity contribution in [3.63, 3.8) is 0 Å². The first-order chi connectivity index (χ1) is 11.2. The summed E-state index contributed by atoms with van der Waals surface area (Å²) in [6.45, 7) is 1.58. The minimum absolute atomic E-state index is 0.191. The Morgan fingerprint density at radius 1 is 0.870 bits per heavy atom. The van der Waals surface area contributed by atoms with E-state index in [9.17, 15) is 4.79 Å². The highest BCUT2D eigenvalue weighted by Crippen LogP contribution is 2.45. The SMILES string of the molecule is O=C1CCC2CC(CCC3CCC4(CC3)OCCO4)CCC2C1. The summed E-state index contributed by atoms with van der Waals surface area (Å²) in [5, 5.41) is 0. The number of Topliss-reactive ketones (excluding diaryl/α,β-unsaturated/α-hetero) is 1. The summed E-state index contributed by atoms with van der Waals surface area (Å²) < 4.78 is 11.7. The lowest BCUT2D eigenvalue weighted by molar-refractivity contribution is -0.182. The zero-order valence-electron chi connectivity index (χ0n) is 14.4. The molecule has 3 nitrogen and oxygen atoms in total. The van der Waals surface area contributed by atoms with Crippen LogP contribution < -0.4 is 0 Å². The molecule has 3 aliphatic carbocycles. The van der Waals surface area contributed by atoms with Crippen molar-refractivity contribution in [2.75, 3.05) is 13.2 Å². The largest absolute Gasteiger partial charge is 0.348 e. The third-order valence-electron chi connectivity index (χ3n) is 7.20. The number of carbonyl (C=O) groups is 1. The molecule has 3 heteroatoms. The predicted molar refractivity (Wildman–Crippen MR) is 89.0 cm³/mol. The fourth-order valence-electron chi connectivity index (χ4n) is 5.71. The van der Waals surface area contributed by atoms with Crippen molar-refractivity contribution in [2.45, 2.75) is 82.8 Å². The molecule has 4 rings (SSSR count). The van der Waals surface area contributed by atoms with Crippen molar-refractivity contribution in [1.29, 1.82) is 0 Å². The van der Waals surface area contributed by atoms with E-state index in [1.54, 1.807) is 0 Å². The fourth-order valence-corrected chi connectivity index (χ4v) is 5.71. The van der Waals surface area contributed by atoms with E-state index in [0.29, 0.717) is 5.78 Å². The highest BCUT2D eigenvalue weighted by molar-refractivity contribution is 5.79. The molecule has 0 radical (unpaired) electrons. The van der Waals surface area contributed by atoms with E-state index in [0.717, 1.165) is 62.6 Å². The molecule has 1 heterocycles. The standard InChI is InChI=1S/C20H32O3/c21-19-6-5-17-13-16(3-4-18(17)14-19)2-1-15-7-9-20(10-8-15)22-11-12-23-20/h15-18H,1-14H2. The van der Waals surface area contributed by atoms with Crippen molar-refractivity contribution in [2.24, 2.45) is 23.7 Å². The number of ether oxygens (including phenoxy) is 2. The molecular formula is C20H32O3. The lowest BCUT2D eigenvalue weighted by atomic mass is 9.66. The molecular weight excluding hydrogens is 288 g/mol. The van der Waals surface area contributed by atoms with Crippen LogP contribution in [0.25, 0.3) is 0 Å². The van der Waals surface area contributed by atoms with Crippen molar-refractivity contribution in [1.82, 2.24) is 0 Å². The Balaban J connectivity index is 1.19. The monoisotopic (exact) mass is 320 g/mol. The number of carbonyl (C=O) groups excluding carboxylic acids is 1. The van der Waals surface area contributed by atoms with Gasteiger partial charge >= 0.3 is 0 Å². The summed E-state index contributed by atoms with van der Waals surface area (Å²) in [6.07, 6.45) is 14.6. The van der Waals surface area contributed by atoms with Gasteiger partial charge in [0.2, 0.25) is 0 Å². The Kier molecular flexibility index (Phi) is 4.78. The molecule has 1 spiro atoms. The summed E-state index contributed by atoms with van der Waals surface area (Å²) in [5.41, 5.74) is 0. The predicted octanol–water partition coefficient (Wildman–Crippen LogP) is 4.49. The average Bonchev–Trinajstić information content (AvgIpc) is 3.02. The van der Waals surface area contributed by atoms with Gasteiger partial charge in [-0.25, -0.2) is 0 Å². The summed E-state index contributed by atoms with van der Waals surface area (Å²) >= 11 is 0. The molecule has 0 bridgehead atoms. The van der Waals surface area contributed by atoms with Gasteiger partial charge in [0, 0.05) is 25.7 Å². The molecule has 4 aliphatic rings. The zero-order chi connectivity index (χ0) is 15.7. The third kappa shape index (κ3) is 3.66. The highest BCUT2D eigenvalue weighted by atomic mass is 16.7. The van der Waals surface area contributed by atoms with Crippen LogP contribution in [0.5, 0.6) is 0 Å². The second kappa shape index (κ2) is 6.84. The minimum atomic E-state index is -0.191. The first-order valence-electron chi connectivity index (χ1n) is 10.0. The van der Waals surface area contributed by atoms with Crippen LogP contribution in [0.2, 0.25) is 0 Å². The van der Waals surface area contributed by atoms with Gasteiger partial charge in [-0.3, -0.25) is 4.79 Å². The van der Waals surface area contributed by atoms with Crippen LogP contribution in [0.4, 0.5) is 0 Å². The van der Waals surface area contributed by atoms with Crippen LogP contribution in [-0.2, 0) is 14.3 Å². The third-order valence-corrected chi connectivity index (χ3v) is 7.20. The van der Waals surface area contributed by atoms with Crippen LogP contribution in [0.15, 0.2) is 0 Å². The molecule has 3 unspecified atom stereocenters. The van der Waals surface area contributed by atoms with E-state index in [4.69, 9.17) is 9.47 Å². The first kappa shape index (κ1) is 16.1. The molecule has 4 fully saturated rings. The molecule has 0 aromatic heterocycles. The van der Waals surface area contributed by atoms with Crippen LogP contribution in [-0.4, -0.2) is 24.8 Å². The molecule has 3 saturated carbocycles. The second-order valence-corrected chi connectivity index (χ2v) is 8.61. The molecule has 0 amide bonds. The van der Waals surface area contributed by atoms with Crippen molar-refractivity contribution in [3.05, 3.63) is 0 Å². The summed E-state index contributed by atoms with van der Waals surface area (Å²) in [4.78, 5) is 11.6. The first-order valence-corrected chi connectivity index (χ1v) is 10.0. The van der Waals surface area contributed by atoms with E-state index in [1.165, 1.54) is 51.4 Å². The maximum Gasteiger partial charge on any atom is 0.168 e. The van der Waals surface area contributed by atoms with Gasteiger partial charge < -0.3 is 9.47 Å². The molecule has 3 atom stereocenters. The van der Waals surface area contributed by atoms with Gasteiger partial charge in [-0.05, 0) is 55.8 Å². The molecule has 130 valence electrons. The Morgan fingerprint density at radius 3 is 2.39 bits per heavy atom. The maximum atomic E-state index is 11.6. The van der Waals surface area contributed by atoms with Gasteiger partial charge in [0.15, 0.2) is 5.79 Å². The molecule has 0 aromatic rings. The highest BCUT2D eigenvalue weighted by Gasteiger charge is 2.40. The quantitative estimate of drug-likeness (QED) is 0.769. The van der Waals surface area contributed by atoms with Gasteiger partial charge in [-0.15, -0.1) is 0 Å². The van der Waals surface area contributed by atoms with Crippen LogP contribution in [0, 0.1) is 23.7 Å². The maximum absolute atomic E-state index is 11.6. The lowest BCUT2D eigenvalue weighted by Gasteiger charge is -2.40. The van der Waals surface area contributed by atoms with Crippen molar-refractivity contribution in [3.8, 4) is 0 Å². The minimum Gasteiger partial charge on any atom is -0.348 e. The van der Waals surface area contributed by atoms with Crippen LogP contribution in [0.1, 0.15) is 77.0 Å². The topological polar surface area (TPSA) is 35.5 Å². The number of ketones is 1. The van der Waals surface area contributed by atoms with E-state index in [1.807, 2.05) is 0 Å². The van der Waals surface area contributed by atoms with Gasteiger partial charge in [0.1, 0.15) is 5.78 Å². The smallest absolute Gasteiger partial charge is 0.168 e. The van der Waals surface area contributed by atoms with Crippen molar-refractivity contribution >= 4 is 5.78 Å². The molecule has 0 N–H and O–H groups in total. The van der Waals surface area contributed by atoms with E-state index >= 15 is 0 Å². The van der Waals surface area contributed by atoms with Crippen LogP contribution in [0.3, 0.4) is 0 Å². The Hall–Kier alpha value is -0.410. The van der Waals surface area contributed by atoms with E-state index in [-0.39, 0.29) is 5.79 Å². The molecule has 1 saturated heterocycles. The van der Waals surface area contributed by atoms with Gasteiger partial charge in [-0.1, -0.05) is 19.3 Å². The lowest BCUT2D eigenvalue weighted by Crippen LogP contribution is -2.35. The number of fused-ring (bicyclic) bond motifs is 1. The van der Waals surface area contributed by atoms with Crippen LogP contribution >= 0.6 is 0 Å². The second-order valence-electron chi connectivity index (χ2n) is 8.61. The van der Waals surface area contributed by atoms with E-state index in [2.05, 4.69) is 0 Å². The summed E-state index contributed by atoms with van der Waals surface area (Å²) in [5.74, 6) is 3.75. The Bertz CT molecular complexity index is 417. The van der Waals surface area contributed by atoms with E-state index < -0.39 is 0 Å². The normalized spacial score (nSPS) is 37.9. The average molecular weight is 320 g/mol. The molecule has 0 aromatic carbocycles. The Labute approximate surface area is 140 Å². The number of hydrogen-bond donors (Lipinski definition) is 0. The fraction of sp³-hybridized carbons (Fsp3) is 0.950. The molecule has 23 heavy (non-hydrogen) atoms. The van der Waals surface area contributed by atoms with Gasteiger partial charge in [-0.2, -0.15) is 0 Å². The zero-order valence-corrected chi connectivity index (χ0v) is 14.4. The van der Waals surface area contributed by atoms with Gasteiger partial charge in [0.05, 0.1) is 13.2 Å². The summed E-state index contributed by atoms with van der Waals surface area (Å²) in [6, 6.07) is 0. The number of hydrogen-bond acceptors (Lipinski definition) is 3.